The van der Waals surface area contributed by atoms with Gasteiger partial charge >= 0.3 is 18.2 Å². The summed E-state index contributed by atoms with van der Waals surface area (Å²) in [5, 5.41) is 13.0. The number of rotatable bonds is 2. The van der Waals surface area contributed by atoms with Crippen LogP contribution < -0.4 is 10.6 Å². The Bertz CT molecular complexity index is 775. The van der Waals surface area contributed by atoms with Crippen molar-refractivity contribution in [3.05, 3.63) is 35.9 Å². The van der Waals surface area contributed by atoms with E-state index < -0.39 is 12.1 Å². The smallest absolute Gasteiger partial charge is 0.475 e. The number of carbonyl (C=O) groups excluding carboxylic acids is 2. The SMILES string of the molecule is CNC(=O)N1CCN(Cc2ccccc2)CC2(CCCC(=O)N2)C1.O=C(O)C(F)(F)F. The molecule has 2 aliphatic rings. The topological polar surface area (TPSA) is 102 Å². The number of alkyl halides is 3. The van der Waals surface area contributed by atoms with Crippen LogP contribution in [-0.4, -0.2) is 77.8 Å². The van der Waals surface area contributed by atoms with Gasteiger partial charge in [-0.3, -0.25) is 9.69 Å². The van der Waals surface area contributed by atoms with Crippen LogP contribution in [0.2, 0.25) is 0 Å². The maximum atomic E-state index is 12.2. The third-order valence-corrected chi connectivity index (χ3v) is 5.16. The molecule has 0 aromatic heterocycles. The number of nitrogens with zero attached hydrogens (tertiary/aromatic N) is 2. The number of amides is 3. The van der Waals surface area contributed by atoms with Gasteiger partial charge in [0.25, 0.3) is 0 Å². The highest BCUT2D eigenvalue weighted by Crippen LogP contribution is 2.25. The van der Waals surface area contributed by atoms with Crippen molar-refractivity contribution in [3.8, 4) is 0 Å². The van der Waals surface area contributed by atoms with Gasteiger partial charge in [0.2, 0.25) is 5.91 Å². The predicted molar refractivity (Wildman–Crippen MR) is 106 cm³/mol. The molecule has 0 radical (unpaired) electrons. The Kier molecular flexibility index (Phi) is 8.26. The molecular formula is C20H27F3N4O4. The van der Waals surface area contributed by atoms with E-state index in [9.17, 15) is 22.8 Å². The van der Waals surface area contributed by atoms with E-state index in [1.165, 1.54) is 5.56 Å². The fourth-order valence-corrected chi connectivity index (χ4v) is 3.82. The average Bonchev–Trinajstić information content (AvgIpc) is 2.87. The van der Waals surface area contributed by atoms with Crippen LogP contribution in [0.15, 0.2) is 30.3 Å². The van der Waals surface area contributed by atoms with Crippen molar-refractivity contribution in [2.24, 2.45) is 0 Å². The third-order valence-electron chi connectivity index (χ3n) is 5.16. The number of halogens is 3. The number of carboxylic acids is 1. The second kappa shape index (κ2) is 10.5. The summed E-state index contributed by atoms with van der Waals surface area (Å²) in [5.41, 5.74) is 0.913. The summed E-state index contributed by atoms with van der Waals surface area (Å²) in [6, 6.07) is 10.3. The molecule has 3 rings (SSSR count). The van der Waals surface area contributed by atoms with Crippen molar-refractivity contribution < 1.29 is 32.7 Å². The lowest BCUT2D eigenvalue weighted by atomic mass is 9.87. The van der Waals surface area contributed by atoms with Gasteiger partial charge in [0.1, 0.15) is 0 Å². The van der Waals surface area contributed by atoms with Gasteiger partial charge in [-0.2, -0.15) is 13.2 Å². The maximum Gasteiger partial charge on any atom is 0.490 e. The zero-order chi connectivity index (χ0) is 23.1. The van der Waals surface area contributed by atoms with Gasteiger partial charge in [-0.15, -0.1) is 0 Å². The Morgan fingerprint density at radius 3 is 2.39 bits per heavy atom. The molecule has 3 N–H and O–H groups in total. The van der Waals surface area contributed by atoms with E-state index in [-0.39, 0.29) is 17.5 Å². The Morgan fingerprint density at radius 1 is 1.19 bits per heavy atom. The molecule has 8 nitrogen and oxygen atoms in total. The fourth-order valence-electron chi connectivity index (χ4n) is 3.82. The Hall–Kier alpha value is -2.82. The normalized spacial score (nSPS) is 22.1. The molecule has 1 aromatic carbocycles. The van der Waals surface area contributed by atoms with Crippen LogP contribution in [0.3, 0.4) is 0 Å². The van der Waals surface area contributed by atoms with Crippen molar-refractivity contribution in [2.75, 3.05) is 33.2 Å². The van der Waals surface area contributed by atoms with Crippen molar-refractivity contribution in [1.82, 2.24) is 20.4 Å². The van der Waals surface area contributed by atoms with Crippen molar-refractivity contribution in [3.63, 3.8) is 0 Å². The van der Waals surface area contributed by atoms with Crippen LogP contribution in [0.25, 0.3) is 0 Å². The third kappa shape index (κ3) is 7.42. The van der Waals surface area contributed by atoms with Gasteiger partial charge in [0.15, 0.2) is 0 Å². The second-order valence-electron chi connectivity index (χ2n) is 7.66. The van der Waals surface area contributed by atoms with E-state index in [4.69, 9.17) is 9.90 Å². The van der Waals surface area contributed by atoms with E-state index in [0.29, 0.717) is 19.5 Å². The molecule has 0 saturated carbocycles. The maximum absolute atomic E-state index is 12.2. The lowest BCUT2D eigenvalue weighted by Gasteiger charge is -2.41. The number of hydrogen-bond acceptors (Lipinski definition) is 4. The van der Waals surface area contributed by atoms with E-state index in [0.717, 1.165) is 32.5 Å². The first-order chi connectivity index (χ1) is 14.5. The number of benzene rings is 1. The van der Waals surface area contributed by atoms with Crippen molar-refractivity contribution in [1.29, 1.82) is 0 Å². The number of piperidine rings is 1. The van der Waals surface area contributed by atoms with Gasteiger partial charge in [-0.25, -0.2) is 9.59 Å². The van der Waals surface area contributed by atoms with Crippen LogP contribution in [0, 0.1) is 0 Å². The van der Waals surface area contributed by atoms with Crippen LogP contribution in [-0.2, 0) is 16.1 Å². The molecule has 2 saturated heterocycles. The molecule has 2 aliphatic heterocycles. The molecule has 0 aliphatic carbocycles. The molecule has 1 unspecified atom stereocenters. The van der Waals surface area contributed by atoms with E-state index in [1.54, 1.807) is 7.05 Å². The number of aliphatic carboxylic acids is 1. The quantitative estimate of drug-likeness (QED) is 0.646. The van der Waals surface area contributed by atoms with Crippen LogP contribution in [0.4, 0.5) is 18.0 Å². The van der Waals surface area contributed by atoms with Crippen LogP contribution >= 0.6 is 0 Å². The van der Waals surface area contributed by atoms with E-state index in [2.05, 4.69) is 27.7 Å². The minimum atomic E-state index is -5.08. The summed E-state index contributed by atoms with van der Waals surface area (Å²) in [7, 11) is 1.65. The molecule has 1 atom stereocenters. The Morgan fingerprint density at radius 2 is 1.84 bits per heavy atom. The highest BCUT2D eigenvalue weighted by molar-refractivity contribution is 5.78. The van der Waals surface area contributed by atoms with Gasteiger partial charge < -0.3 is 20.6 Å². The lowest BCUT2D eigenvalue weighted by Crippen LogP contribution is -2.62. The minimum Gasteiger partial charge on any atom is -0.475 e. The summed E-state index contributed by atoms with van der Waals surface area (Å²) < 4.78 is 31.7. The monoisotopic (exact) mass is 444 g/mol. The molecule has 2 fully saturated rings. The van der Waals surface area contributed by atoms with Crippen molar-refractivity contribution in [2.45, 2.75) is 37.5 Å². The summed E-state index contributed by atoms with van der Waals surface area (Å²) in [5.74, 6) is -2.66. The molecule has 3 amide bonds. The molecule has 2 heterocycles. The first-order valence-electron chi connectivity index (χ1n) is 9.89. The minimum absolute atomic E-state index is 0.0734. The van der Waals surface area contributed by atoms with Gasteiger partial charge in [-0.1, -0.05) is 30.3 Å². The van der Waals surface area contributed by atoms with Crippen LogP contribution in [0.5, 0.6) is 0 Å². The van der Waals surface area contributed by atoms with E-state index in [1.807, 2.05) is 23.1 Å². The number of urea groups is 1. The lowest BCUT2D eigenvalue weighted by molar-refractivity contribution is -0.192. The number of carboxylic acid groups (broad SMARTS) is 1. The standard InChI is InChI=1S/C18H26N4O2.C2HF3O2/c1-19-17(24)22-11-10-21(12-15-6-3-2-4-7-15)13-18(14-22)9-5-8-16(23)20-18;3-2(4,5)1(6)7/h2-4,6-7H,5,8-14H2,1H3,(H,19,24)(H,20,23);(H,6,7). The molecular weight excluding hydrogens is 417 g/mol. The molecule has 1 spiro atoms. The first-order valence-corrected chi connectivity index (χ1v) is 9.89. The van der Waals surface area contributed by atoms with E-state index >= 15 is 0 Å². The first kappa shape index (κ1) is 24.4. The average molecular weight is 444 g/mol. The van der Waals surface area contributed by atoms with Crippen molar-refractivity contribution >= 4 is 17.9 Å². The Balaban J connectivity index is 0.000000423. The largest absolute Gasteiger partial charge is 0.490 e. The van der Waals surface area contributed by atoms with Gasteiger partial charge in [0.05, 0.1) is 5.54 Å². The summed E-state index contributed by atoms with van der Waals surface area (Å²) in [6.45, 7) is 3.66. The second-order valence-corrected chi connectivity index (χ2v) is 7.66. The predicted octanol–water partition coefficient (Wildman–Crippen LogP) is 1.82. The number of nitrogens with one attached hydrogen (secondary N) is 2. The Labute approximate surface area is 178 Å². The molecule has 0 bridgehead atoms. The summed E-state index contributed by atoms with van der Waals surface area (Å²) >= 11 is 0. The fraction of sp³-hybridized carbons (Fsp3) is 0.550. The number of carbonyl (C=O) groups is 3. The highest BCUT2D eigenvalue weighted by atomic mass is 19.4. The molecule has 172 valence electrons. The number of hydrogen-bond donors (Lipinski definition) is 3. The van der Waals surface area contributed by atoms with Gasteiger partial charge in [0, 0.05) is 46.2 Å². The molecule has 31 heavy (non-hydrogen) atoms. The molecule has 1 aromatic rings. The summed E-state index contributed by atoms with van der Waals surface area (Å²) in [4.78, 5) is 37.3. The van der Waals surface area contributed by atoms with Gasteiger partial charge in [-0.05, 0) is 18.4 Å². The zero-order valence-corrected chi connectivity index (χ0v) is 17.2. The molecule has 11 heteroatoms. The zero-order valence-electron chi connectivity index (χ0n) is 17.2. The summed E-state index contributed by atoms with van der Waals surface area (Å²) in [6.07, 6.45) is -2.70. The highest BCUT2D eigenvalue weighted by Gasteiger charge is 2.41. The van der Waals surface area contributed by atoms with Crippen LogP contribution in [0.1, 0.15) is 24.8 Å².